The molecule has 0 spiro atoms. The monoisotopic (exact) mass is 324 g/mol. The molecule has 3 heterocycles. The van der Waals surface area contributed by atoms with Crippen LogP contribution in [0.3, 0.4) is 0 Å². The number of fused-ring (bicyclic) bond motifs is 1. The SMILES string of the molecule is CCc1ccc2nc(N3CCN(c4ccccn4)CC3)sc2c1. The molecule has 5 heteroatoms. The molecule has 2 aromatic heterocycles. The molecule has 23 heavy (non-hydrogen) atoms. The fraction of sp³-hybridized carbons (Fsp3) is 0.333. The van der Waals surface area contributed by atoms with Crippen LogP contribution in [0.1, 0.15) is 12.5 Å². The van der Waals surface area contributed by atoms with Crippen molar-refractivity contribution in [3.05, 3.63) is 48.2 Å². The van der Waals surface area contributed by atoms with Crippen molar-refractivity contribution < 1.29 is 0 Å². The van der Waals surface area contributed by atoms with Gasteiger partial charge in [-0.1, -0.05) is 30.4 Å². The van der Waals surface area contributed by atoms with Gasteiger partial charge in [0.1, 0.15) is 5.82 Å². The molecular weight excluding hydrogens is 304 g/mol. The minimum absolute atomic E-state index is 0.993. The summed E-state index contributed by atoms with van der Waals surface area (Å²) in [6.07, 6.45) is 2.94. The van der Waals surface area contributed by atoms with E-state index in [0.717, 1.165) is 49.1 Å². The molecule has 1 aromatic carbocycles. The highest BCUT2D eigenvalue weighted by molar-refractivity contribution is 7.22. The fourth-order valence-corrected chi connectivity index (χ4v) is 4.06. The van der Waals surface area contributed by atoms with Crippen LogP contribution in [0.15, 0.2) is 42.6 Å². The van der Waals surface area contributed by atoms with E-state index in [4.69, 9.17) is 4.98 Å². The first kappa shape index (κ1) is 14.5. The predicted molar refractivity (Wildman–Crippen MR) is 97.7 cm³/mol. The summed E-state index contributed by atoms with van der Waals surface area (Å²) >= 11 is 1.81. The Morgan fingerprint density at radius 3 is 2.61 bits per heavy atom. The van der Waals surface area contributed by atoms with Crippen LogP contribution in [-0.2, 0) is 6.42 Å². The molecule has 3 aromatic rings. The number of nitrogens with zero attached hydrogens (tertiary/aromatic N) is 4. The van der Waals surface area contributed by atoms with E-state index < -0.39 is 0 Å². The lowest BCUT2D eigenvalue weighted by atomic mass is 10.2. The smallest absolute Gasteiger partial charge is 0.186 e. The van der Waals surface area contributed by atoms with Crippen molar-refractivity contribution in [3.8, 4) is 0 Å². The van der Waals surface area contributed by atoms with E-state index in [2.05, 4.69) is 46.0 Å². The van der Waals surface area contributed by atoms with E-state index >= 15 is 0 Å². The Balaban J connectivity index is 1.50. The molecule has 1 fully saturated rings. The van der Waals surface area contributed by atoms with E-state index in [1.165, 1.54) is 10.3 Å². The highest BCUT2D eigenvalue weighted by Crippen LogP contribution is 2.30. The van der Waals surface area contributed by atoms with E-state index in [1.54, 1.807) is 0 Å². The molecule has 118 valence electrons. The van der Waals surface area contributed by atoms with Crippen LogP contribution < -0.4 is 9.80 Å². The summed E-state index contributed by atoms with van der Waals surface area (Å²) in [5, 5.41) is 1.15. The second-order valence-electron chi connectivity index (χ2n) is 5.81. The van der Waals surface area contributed by atoms with Crippen molar-refractivity contribution in [3.63, 3.8) is 0 Å². The maximum Gasteiger partial charge on any atom is 0.186 e. The molecule has 0 aliphatic carbocycles. The minimum atomic E-state index is 0.993. The maximum atomic E-state index is 4.82. The van der Waals surface area contributed by atoms with Crippen LogP contribution in [0.4, 0.5) is 10.9 Å². The quantitative estimate of drug-likeness (QED) is 0.737. The van der Waals surface area contributed by atoms with Gasteiger partial charge in [0.05, 0.1) is 10.2 Å². The van der Waals surface area contributed by atoms with Gasteiger partial charge in [0.2, 0.25) is 0 Å². The number of piperazine rings is 1. The number of anilines is 2. The lowest BCUT2D eigenvalue weighted by Crippen LogP contribution is -2.46. The molecule has 4 nitrogen and oxygen atoms in total. The van der Waals surface area contributed by atoms with Gasteiger partial charge in [-0.05, 0) is 36.2 Å². The van der Waals surface area contributed by atoms with Crippen LogP contribution in [0, 0.1) is 0 Å². The zero-order valence-electron chi connectivity index (χ0n) is 13.3. The molecular formula is C18H20N4S. The number of hydrogen-bond donors (Lipinski definition) is 0. The van der Waals surface area contributed by atoms with Crippen molar-refractivity contribution in [1.82, 2.24) is 9.97 Å². The van der Waals surface area contributed by atoms with Gasteiger partial charge in [-0.15, -0.1) is 0 Å². The average molecular weight is 324 g/mol. The number of aromatic nitrogens is 2. The molecule has 1 aliphatic rings. The first-order valence-corrected chi connectivity index (χ1v) is 8.95. The molecule has 0 N–H and O–H groups in total. The zero-order chi connectivity index (χ0) is 15.6. The van der Waals surface area contributed by atoms with Crippen LogP contribution in [0.25, 0.3) is 10.2 Å². The lowest BCUT2D eigenvalue weighted by molar-refractivity contribution is 0.646. The molecule has 0 radical (unpaired) electrons. The van der Waals surface area contributed by atoms with Gasteiger partial charge in [-0.3, -0.25) is 0 Å². The minimum Gasteiger partial charge on any atom is -0.353 e. The topological polar surface area (TPSA) is 32.3 Å². The summed E-state index contributed by atoms with van der Waals surface area (Å²) in [6, 6.07) is 12.7. The number of hydrogen-bond acceptors (Lipinski definition) is 5. The van der Waals surface area contributed by atoms with Crippen molar-refractivity contribution in [2.45, 2.75) is 13.3 Å². The van der Waals surface area contributed by atoms with Crippen LogP contribution >= 0.6 is 11.3 Å². The largest absolute Gasteiger partial charge is 0.353 e. The standard InChI is InChI=1S/C18H20N4S/c1-2-14-6-7-15-16(13-14)23-18(20-15)22-11-9-21(10-12-22)17-5-3-4-8-19-17/h3-8,13H,2,9-12H2,1H3. The normalized spacial score (nSPS) is 15.3. The Morgan fingerprint density at radius 2 is 1.87 bits per heavy atom. The van der Waals surface area contributed by atoms with Crippen LogP contribution in [0.5, 0.6) is 0 Å². The maximum absolute atomic E-state index is 4.82. The van der Waals surface area contributed by atoms with Crippen molar-refractivity contribution >= 4 is 32.5 Å². The zero-order valence-corrected chi connectivity index (χ0v) is 14.1. The Kier molecular flexibility index (Phi) is 3.87. The Morgan fingerprint density at radius 1 is 1.04 bits per heavy atom. The summed E-state index contributed by atoms with van der Waals surface area (Å²) in [4.78, 5) is 14.0. The molecule has 0 amide bonds. The Labute approximate surface area is 140 Å². The summed E-state index contributed by atoms with van der Waals surface area (Å²) in [5.74, 6) is 1.07. The van der Waals surface area contributed by atoms with Gasteiger partial charge in [-0.2, -0.15) is 0 Å². The molecule has 0 unspecified atom stereocenters. The molecule has 0 bridgehead atoms. The lowest BCUT2D eigenvalue weighted by Gasteiger charge is -2.35. The van der Waals surface area contributed by atoms with Gasteiger partial charge in [0, 0.05) is 32.4 Å². The van der Waals surface area contributed by atoms with Crippen LogP contribution in [0.2, 0.25) is 0 Å². The molecule has 0 saturated carbocycles. The number of pyridine rings is 1. The highest BCUT2D eigenvalue weighted by atomic mass is 32.1. The first-order chi connectivity index (χ1) is 11.3. The van der Waals surface area contributed by atoms with E-state index in [1.807, 2.05) is 29.7 Å². The van der Waals surface area contributed by atoms with E-state index in [0.29, 0.717) is 0 Å². The van der Waals surface area contributed by atoms with E-state index in [-0.39, 0.29) is 0 Å². The van der Waals surface area contributed by atoms with Gasteiger partial charge < -0.3 is 9.80 Å². The third kappa shape index (κ3) is 2.88. The van der Waals surface area contributed by atoms with Crippen LogP contribution in [-0.4, -0.2) is 36.1 Å². The molecule has 4 rings (SSSR count). The summed E-state index contributed by atoms with van der Waals surface area (Å²) in [7, 11) is 0. The summed E-state index contributed by atoms with van der Waals surface area (Å²) in [6.45, 7) is 6.17. The third-order valence-corrected chi connectivity index (χ3v) is 5.45. The highest BCUT2D eigenvalue weighted by Gasteiger charge is 2.20. The molecule has 0 atom stereocenters. The second-order valence-corrected chi connectivity index (χ2v) is 6.82. The Hall–Kier alpha value is -2.14. The summed E-state index contributed by atoms with van der Waals surface area (Å²) in [5.41, 5.74) is 2.50. The number of thiazole rings is 1. The number of aryl methyl sites for hydroxylation is 1. The fourth-order valence-electron chi connectivity index (χ4n) is 2.98. The summed E-state index contributed by atoms with van der Waals surface area (Å²) < 4.78 is 1.30. The number of benzene rings is 1. The molecule has 1 aliphatic heterocycles. The van der Waals surface area contributed by atoms with Gasteiger partial charge in [-0.25, -0.2) is 9.97 Å². The van der Waals surface area contributed by atoms with E-state index in [9.17, 15) is 0 Å². The second kappa shape index (κ2) is 6.16. The van der Waals surface area contributed by atoms with Gasteiger partial charge in [0.25, 0.3) is 0 Å². The average Bonchev–Trinajstić information content (AvgIpc) is 3.05. The van der Waals surface area contributed by atoms with Crippen molar-refractivity contribution in [2.75, 3.05) is 36.0 Å². The van der Waals surface area contributed by atoms with Crippen molar-refractivity contribution in [1.29, 1.82) is 0 Å². The van der Waals surface area contributed by atoms with Crippen molar-refractivity contribution in [2.24, 2.45) is 0 Å². The predicted octanol–water partition coefficient (Wildman–Crippen LogP) is 3.58. The Bertz CT molecular complexity index is 791. The van der Waals surface area contributed by atoms with Gasteiger partial charge >= 0.3 is 0 Å². The third-order valence-electron chi connectivity index (χ3n) is 4.37. The first-order valence-electron chi connectivity index (χ1n) is 8.14. The molecule has 1 saturated heterocycles. The van der Waals surface area contributed by atoms with Gasteiger partial charge in [0.15, 0.2) is 5.13 Å². The number of rotatable bonds is 3.